The third-order valence-electron chi connectivity index (χ3n) is 3.87. The van der Waals surface area contributed by atoms with Crippen LogP contribution in [0.4, 0.5) is 10.2 Å². The third-order valence-corrected chi connectivity index (χ3v) is 3.87. The number of nitriles is 1. The van der Waals surface area contributed by atoms with E-state index in [1.165, 1.54) is 23.0 Å². The van der Waals surface area contributed by atoms with Crippen LogP contribution in [0.2, 0.25) is 0 Å². The first-order valence-electron chi connectivity index (χ1n) is 7.23. The van der Waals surface area contributed by atoms with E-state index in [9.17, 15) is 14.0 Å². The van der Waals surface area contributed by atoms with Gasteiger partial charge in [-0.15, -0.1) is 0 Å². The number of carboxylic acids is 1. The van der Waals surface area contributed by atoms with Crippen molar-refractivity contribution in [3.63, 3.8) is 0 Å². The Kier molecular flexibility index (Phi) is 3.73. The lowest BCUT2D eigenvalue weighted by Gasteiger charge is -2.13. The molecule has 0 spiro atoms. The highest BCUT2D eigenvalue weighted by Gasteiger charge is 2.19. The standard InChI is InChI=1S/C16H12FN5O3/c1-2-21-7-10(16(24)25)14(23)9-3-11(17)13(4-12(9)21)22-15(19)8(5-18)6-20-22/h3-4,6-7H,2,19H2,1H3,(H,24,25). The first-order valence-corrected chi connectivity index (χ1v) is 7.23. The molecule has 8 nitrogen and oxygen atoms in total. The average Bonchev–Trinajstić information content (AvgIpc) is 2.95. The van der Waals surface area contributed by atoms with E-state index in [1.54, 1.807) is 6.92 Å². The van der Waals surface area contributed by atoms with Crippen LogP contribution in [-0.4, -0.2) is 25.4 Å². The number of nitrogens with zero attached hydrogens (tertiary/aromatic N) is 4. The molecule has 3 rings (SSSR count). The lowest BCUT2D eigenvalue weighted by atomic mass is 10.1. The minimum Gasteiger partial charge on any atom is -0.477 e. The molecule has 2 heterocycles. The maximum absolute atomic E-state index is 14.6. The topological polar surface area (TPSA) is 127 Å². The van der Waals surface area contributed by atoms with Gasteiger partial charge in [-0.3, -0.25) is 4.79 Å². The van der Waals surface area contributed by atoms with Crippen LogP contribution in [0.25, 0.3) is 16.6 Å². The number of hydrogen-bond donors (Lipinski definition) is 2. The van der Waals surface area contributed by atoms with E-state index in [-0.39, 0.29) is 22.5 Å². The quantitative estimate of drug-likeness (QED) is 0.743. The number of carbonyl (C=O) groups is 1. The molecule has 1 aromatic carbocycles. The zero-order valence-electron chi connectivity index (χ0n) is 13.0. The normalized spacial score (nSPS) is 10.8. The van der Waals surface area contributed by atoms with E-state index in [0.717, 1.165) is 10.7 Å². The summed E-state index contributed by atoms with van der Waals surface area (Å²) < 4.78 is 17.1. The number of hydrogen-bond acceptors (Lipinski definition) is 5. The van der Waals surface area contributed by atoms with E-state index in [1.807, 2.05) is 6.07 Å². The number of pyridine rings is 1. The minimum atomic E-state index is -1.38. The summed E-state index contributed by atoms with van der Waals surface area (Å²) in [6.07, 6.45) is 2.42. The summed E-state index contributed by atoms with van der Waals surface area (Å²) in [7, 11) is 0. The number of fused-ring (bicyclic) bond motifs is 1. The number of anilines is 1. The zero-order chi connectivity index (χ0) is 18.3. The average molecular weight is 341 g/mol. The molecule has 2 aromatic heterocycles. The van der Waals surface area contributed by atoms with E-state index < -0.39 is 22.8 Å². The first-order chi connectivity index (χ1) is 11.9. The van der Waals surface area contributed by atoms with Crippen molar-refractivity contribution >= 4 is 22.7 Å². The fourth-order valence-electron chi connectivity index (χ4n) is 2.61. The number of nitrogens with two attached hydrogens (primary N) is 1. The van der Waals surface area contributed by atoms with Gasteiger partial charge in [-0.25, -0.2) is 13.9 Å². The number of aromatic nitrogens is 3. The van der Waals surface area contributed by atoms with Gasteiger partial charge in [-0.05, 0) is 19.1 Å². The van der Waals surface area contributed by atoms with Gasteiger partial charge in [-0.1, -0.05) is 0 Å². The van der Waals surface area contributed by atoms with E-state index >= 15 is 0 Å². The molecular formula is C16H12FN5O3. The number of nitrogen functional groups attached to an aromatic ring is 1. The fourth-order valence-corrected chi connectivity index (χ4v) is 2.61. The first kappa shape index (κ1) is 16.2. The molecule has 0 aliphatic rings. The summed E-state index contributed by atoms with van der Waals surface area (Å²) in [5.74, 6) is -2.23. The number of carboxylic acid groups (broad SMARTS) is 1. The second-order valence-corrected chi connectivity index (χ2v) is 5.25. The summed E-state index contributed by atoms with van der Waals surface area (Å²) in [5.41, 5.74) is 4.96. The second kappa shape index (κ2) is 5.76. The predicted molar refractivity (Wildman–Crippen MR) is 87.0 cm³/mol. The van der Waals surface area contributed by atoms with Crippen LogP contribution >= 0.6 is 0 Å². The molecule has 0 atom stereocenters. The number of aromatic carboxylic acids is 1. The Labute approximate surface area is 140 Å². The summed E-state index contributed by atoms with van der Waals surface area (Å²) in [6.45, 7) is 2.12. The molecule has 0 bridgehead atoms. The Hall–Kier alpha value is -3.67. The van der Waals surface area contributed by atoms with Crippen molar-refractivity contribution in [1.82, 2.24) is 14.3 Å². The summed E-state index contributed by atoms with van der Waals surface area (Å²) in [6, 6.07) is 4.15. The minimum absolute atomic E-state index is 0.0340. The maximum Gasteiger partial charge on any atom is 0.341 e. The van der Waals surface area contributed by atoms with Crippen LogP contribution in [0.1, 0.15) is 22.8 Å². The van der Waals surface area contributed by atoms with Gasteiger partial charge in [0, 0.05) is 18.1 Å². The summed E-state index contributed by atoms with van der Waals surface area (Å²) >= 11 is 0. The molecule has 0 aliphatic heterocycles. The molecule has 9 heteroatoms. The molecule has 126 valence electrons. The van der Waals surface area contributed by atoms with Gasteiger partial charge in [0.05, 0.1) is 11.7 Å². The van der Waals surface area contributed by atoms with Crippen LogP contribution in [0.15, 0.2) is 29.3 Å². The number of rotatable bonds is 3. The number of aryl methyl sites for hydroxylation is 1. The molecule has 0 fully saturated rings. The predicted octanol–water partition coefficient (Wildman–Crippen LogP) is 1.50. The van der Waals surface area contributed by atoms with Gasteiger partial charge in [0.15, 0.2) is 0 Å². The van der Waals surface area contributed by atoms with Crippen molar-refractivity contribution in [2.24, 2.45) is 0 Å². The molecule has 0 aliphatic carbocycles. The second-order valence-electron chi connectivity index (χ2n) is 5.25. The smallest absolute Gasteiger partial charge is 0.341 e. The van der Waals surface area contributed by atoms with Crippen LogP contribution in [0, 0.1) is 17.1 Å². The summed E-state index contributed by atoms with van der Waals surface area (Å²) in [4.78, 5) is 23.5. The number of halogens is 1. The van der Waals surface area contributed by atoms with Crippen LogP contribution in [0.3, 0.4) is 0 Å². The van der Waals surface area contributed by atoms with Crippen LogP contribution in [-0.2, 0) is 6.54 Å². The van der Waals surface area contributed by atoms with Gasteiger partial charge in [0.25, 0.3) is 0 Å². The van der Waals surface area contributed by atoms with Gasteiger partial charge in [-0.2, -0.15) is 10.4 Å². The monoisotopic (exact) mass is 341 g/mol. The maximum atomic E-state index is 14.6. The van der Waals surface area contributed by atoms with Crippen LogP contribution < -0.4 is 11.2 Å². The van der Waals surface area contributed by atoms with Crippen molar-refractivity contribution < 1.29 is 14.3 Å². The van der Waals surface area contributed by atoms with Crippen molar-refractivity contribution in [3.05, 3.63) is 51.7 Å². The Bertz CT molecular complexity index is 1120. The van der Waals surface area contributed by atoms with E-state index in [2.05, 4.69) is 5.10 Å². The Morgan fingerprint density at radius 2 is 2.20 bits per heavy atom. The summed E-state index contributed by atoms with van der Waals surface area (Å²) in [5, 5.41) is 21.9. The largest absolute Gasteiger partial charge is 0.477 e. The van der Waals surface area contributed by atoms with Gasteiger partial charge in [0.2, 0.25) is 5.43 Å². The Morgan fingerprint density at radius 3 is 2.76 bits per heavy atom. The number of benzene rings is 1. The molecule has 25 heavy (non-hydrogen) atoms. The van der Waals surface area contributed by atoms with Crippen molar-refractivity contribution in [2.45, 2.75) is 13.5 Å². The molecule has 0 radical (unpaired) electrons. The highest BCUT2D eigenvalue weighted by molar-refractivity contribution is 5.93. The van der Waals surface area contributed by atoms with E-state index in [0.29, 0.717) is 12.1 Å². The zero-order valence-corrected chi connectivity index (χ0v) is 13.0. The fraction of sp³-hybridized carbons (Fsp3) is 0.125. The highest BCUT2D eigenvalue weighted by atomic mass is 19.1. The molecule has 0 saturated heterocycles. The molecule has 0 unspecified atom stereocenters. The SMILES string of the molecule is CCn1cc(C(=O)O)c(=O)c2cc(F)c(-n3ncc(C#N)c3N)cc21. The lowest BCUT2D eigenvalue weighted by molar-refractivity contribution is 0.0695. The molecule has 3 aromatic rings. The highest BCUT2D eigenvalue weighted by Crippen LogP contribution is 2.24. The van der Waals surface area contributed by atoms with Gasteiger partial charge in [0.1, 0.15) is 34.5 Å². The van der Waals surface area contributed by atoms with Gasteiger partial charge < -0.3 is 15.4 Å². The van der Waals surface area contributed by atoms with Gasteiger partial charge >= 0.3 is 5.97 Å². The molecule has 3 N–H and O–H groups in total. The lowest BCUT2D eigenvalue weighted by Crippen LogP contribution is -2.19. The van der Waals surface area contributed by atoms with Crippen molar-refractivity contribution in [1.29, 1.82) is 5.26 Å². The van der Waals surface area contributed by atoms with Crippen LogP contribution in [0.5, 0.6) is 0 Å². The Morgan fingerprint density at radius 1 is 1.48 bits per heavy atom. The molecular weight excluding hydrogens is 329 g/mol. The third kappa shape index (κ3) is 2.40. The Balaban J connectivity index is 2.38. The van der Waals surface area contributed by atoms with Crippen molar-refractivity contribution in [3.8, 4) is 11.8 Å². The molecule has 0 amide bonds. The molecule has 0 saturated carbocycles. The van der Waals surface area contributed by atoms with E-state index in [4.69, 9.17) is 16.1 Å². The van der Waals surface area contributed by atoms with Crippen molar-refractivity contribution in [2.75, 3.05) is 5.73 Å².